The number of ketones is 1. The Labute approximate surface area is 204 Å². The molecule has 3 aromatic carbocycles. The van der Waals surface area contributed by atoms with Gasteiger partial charge < -0.3 is 19.5 Å². The molecular weight excluding hydrogens is 446 g/mol. The van der Waals surface area contributed by atoms with Crippen LogP contribution in [0.5, 0.6) is 11.5 Å². The third-order valence-corrected chi connectivity index (χ3v) is 5.80. The van der Waals surface area contributed by atoms with Crippen LogP contribution in [0.3, 0.4) is 0 Å². The number of esters is 1. The molecule has 180 valence electrons. The Kier molecular flexibility index (Phi) is 7.45. The highest BCUT2D eigenvalue weighted by atomic mass is 16.6. The van der Waals surface area contributed by atoms with Gasteiger partial charge in [0.05, 0.1) is 11.6 Å². The number of hydrogen-bond acceptors (Lipinski definition) is 6. The predicted octanol–water partition coefficient (Wildman–Crippen LogP) is 4.29. The lowest BCUT2D eigenvalue weighted by atomic mass is 9.98. The van der Waals surface area contributed by atoms with Crippen LogP contribution in [0.4, 0.5) is 0 Å². The topological polar surface area (TPSA) is 90.9 Å². The van der Waals surface area contributed by atoms with E-state index in [2.05, 4.69) is 12.2 Å². The molecule has 1 aliphatic heterocycles. The number of aryl methyl sites for hydroxylation is 1. The van der Waals surface area contributed by atoms with Crippen molar-refractivity contribution in [1.29, 1.82) is 0 Å². The highest BCUT2D eigenvalue weighted by Gasteiger charge is 2.22. The maximum atomic E-state index is 13.2. The van der Waals surface area contributed by atoms with Crippen molar-refractivity contribution in [3.63, 3.8) is 0 Å². The Hall–Kier alpha value is -4.13. The van der Waals surface area contributed by atoms with Crippen molar-refractivity contribution in [1.82, 2.24) is 5.32 Å². The van der Waals surface area contributed by atoms with E-state index in [0.717, 1.165) is 12.0 Å². The molecule has 1 amide bonds. The van der Waals surface area contributed by atoms with Gasteiger partial charge in [-0.25, -0.2) is 4.79 Å². The molecule has 0 bridgehead atoms. The molecular formula is C28H27NO6. The number of amides is 1. The molecule has 7 nitrogen and oxygen atoms in total. The van der Waals surface area contributed by atoms with Crippen LogP contribution >= 0.6 is 0 Å². The average Bonchev–Trinajstić information content (AvgIpc) is 2.91. The molecule has 0 spiro atoms. The smallest absolute Gasteiger partial charge is 0.339 e. The highest BCUT2D eigenvalue weighted by molar-refractivity contribution is 6.14. The van der Waals surface area contributed by atoms with Crippen LogP contribution in [0.25, 0.3) is 0 Å². The summed E-state index contributed by atoms with van der Waals surface area (Å²) in [6.45, 7) is 4.34. The third kappa shape index (κ3) is 5.69. The zero-order chi connectivity index (χ0) is 24.8. The molecule has 1 unspecified atom stereocenters. The number of carbonyl (C=O) groups excluding carboxylic acids is 3. The summed E-state index contributed by atoms with van der Waals surface area (Å²) in [4.78, 5) is 38.3. The summed E-state index contributed by atoms with van der Waals surface area (Å²) in [6, 6.07) is 19.0. The zero-order valence-electron chi connectivity index (χ0n) is 19.7. The van der Waals surface area contributed by atoms with Gasteiger partial charge in [0.1, 0.15) is 13.2 Å². The standard InChI is InChI=1S/C28H27NO6/c1-3-19-8-10-20(11-9-19)18(2)29-26(30)17-35-28(32)23-7-5-4-6-22(23)27(31)21-12-13-24-25(16-21)34-15-14-33-24/h4-13,16,18H,3,14-15,17H2,1-2H3,(H,29,30). The first kappa shape index (κ1) is 24.0. The molecule has 35 heavy (non-hydrogen) atoms. The maximum absolute atomic E-state index is 13.2. The van der Waals surface area contributed by atoms with Gasteiger partial charge in [-0.3, -0.25) is 9.59 Å². The van der Waals surface area contributed by atoms with Gasteiger partial charge in [0, 0.05) is 11.1 Å². The van der Waals surface area contributed by atoms with Crippen molar-refractivity contribution < 1.29 is 28.6 Å². The normalized spacial score (nSPS) is 13.0. The molecule has 1 aliphatic rings. The van der Waals surface area contributed by atoms with E-state index in [4.69, 9.17) is 14.2 Å². The van der Waals surface area contributed by atoms with Gasteiger partial charge in [-0.15, -0.1) is 0 Å². The number of nitrogens with one attached hydrogen (secondary N) is 1. The lowest BCUT2D eigenvalue weighted by molar-refractivity contribution is -0.124. The predicted molar refractivity (Wildman–Crippen MR) is 130 cm³/mol. The molecule has 1 N–H and O–H groups in total. The molecule has 0 saturated carbocycles. The van der Waals surface area contributed by atoms with Gasteiger partial charge in [-0.05, 0) is 48.7 Å². The van der Waals surface area contributed by atoms with E-state index in [9.17, 15) is 14.4 Å². The zero-order valence-corrected chi connectivity index (χ0v) is 19.7. The number of hydrogen-bond donors (Lipinski definition) is 1. The van der Waals surface area contributed by atoms with Crippen LogP contribution in [0.1, 0.15) is 57.3 Å². The molecule has 7 heteroatoms. The van der Waals surface area contributed by atoms with Gasteiger partial charge in [0.2, 0.25) is 0 Å². The van der Waals surface area contributed by atoms with Crippen molar-refractivity contribution >= 4 is 17.7 Å². The molecule has 3 aromatic rings. The molecule has 0 aliphatic carbocycles. The second kappa shape index (κ2) is 10.9. The van der Waals surface area contributed by atoms with Gasteiger partial charge in [0.25, 0.3) is 5.91 Å². The second-order valence-corrected chi connectivity index (χ2v) is 8.19. The van der Waals surface area contributed by atoms with Crippen molar-refractivity contribution in [2.45, 2.75) is 26.3 Å². The fourth-order valence-electron chi connectivity index (χ4n) is 3.82. The highest BCUT2D eigenvalue weighted by Crippen LogP contribution is 2.31. The third-order valence-electron chi connectivity index (χ3n) is 5.80. The fraction of sp³-hybridized carbons (Fsp3) is 0.250. The molecule has 0 radical (unpaired) electrons. The van der Waals surface area contributed by atoms with E-state index in [1.807, 2.05) is 31.2 Å². The first-order valence-corrected chi connectivity index (χ1v) is 11.5. The SMILES string of the molecule is CCc1ccc(C(C)NC(=O)COC(=O)c2ccccc2C(=O)c2ccc3c(c2)OCCO3)cc1. The number of benzene rings is 3. The summed E-state index contributed by atoms with van der Waals surface area (Å²) in [5, 5.41) is 2.82. The van der Waals surface area contributed by atoms with E-state index in [-0.39, 0.29) is 23.0 Å². The lowest BCUT2D eigenvalue weighted by Crippen LogP contribution is -2.31. The average molecular weight is 474 g/mol. The Balaban J connectivity index is 1.40. The second-order valence-electron chi connectivity index (χ2n) is 8.19. The molecule has 1 heterocycles. The van der Waals surface area contributed by atoms with Crippen LogP contribution in [-0.2, 0) is 16.0 Å². The maximum Gasteiger partial charge on any atom is 0.339 e. The minimum absolute atomic E-state index is 0.0865. The molecule has 0 saturated heterocycles. The number of rotatable bonds is 8. The number of ether oxygens (including phenoxy) is 3. The lowest BCUT2D eigenvalue weighted by Gasteiger charge is -2.18. The summed E-state index contributed by atoms with van der Waals surface area (Å²) in [5.74, 6) is -0.481. The van der Waals surface area contributed by atoms with Crippen LogP contribution in [0.15, 0.2) is 66.7 Å². The summed E-state index contributed by atoms with van der Waals surface area (Å²) >= 11 is 0. The number of fused-ring (bicyclic) bond motifs is 1. The first-order chi connectivity index (χ1) is 17.0. The Morgan fingerprint density at radius 1 is 0.914 bits per heavy atom. The van der Waals surface area contributed by atoms with Gasteiger partial charge in [0.15, 0.2) is 23.9 Å². The van der Waals surface area contributed by atoms with Crippen molar-refractivity contribution in [2.75, 3.05) is 19.8 Å². The van der Waals surface area contributed by atoms with Crippen LogP contribution in [0.2, 0.25) is 0 Å². The largest absolute Gasteiger partial charge is 0.486 e. The summed E-state index contributed by atoms with van der Waals surface area (Å²) in [7, 11) is 0. The minimum atomic E-state index is -0.749. The van der Waals surface area contributed by atoms with E-state index in [0.29, 0.717) is 30.3 Å². The van der Waals surface area contributed by atoms with Gasteiger partial charge in [-0.2, -0.15) is 0 Å². The van der Waals surface area contributed by atoms with E-state index in [1.165, 1.54) is 11.6 Å². The van der Waals surface area contributed by atoms with E-state index in [1.54, 1.807) is 36.4 Å². The Morgan fingerprint density at radius 3 is 2.31 bits per heavy atom. The van der Waals surface area contributed by atoms with E-state index < -0.39 is 18.5 Å². The van der Waals surface area contributed by atoms with Crippen molar-refractivity contribution in [2.24, 2.45) is 0 Å². The molecule has 0 fully saturated rings. The Bertz CT molecular complexity index is 1230. The number of carbonyl (C=O) groups is 3. The van der Waals surface area contributed by atoms with Crippen LogP contribution in [-0.4, -0.2) is 37.5 Å². The van der Waals surface area contributed by atoms with Crippen molar-refractivity contribution in [3.05, 3.63) is 94.5 Å². The molecule has 0 aromatic heterocycles. The monoisotopic (exact) mass is 473 g/mol. The summed E-state index contributed by atoms with van der Waals surface area (Å²) in [6.07, 6.45) is 0.940. The fourth-order valence-corrected chi connectivity index (χ4v) is 3.82. The quantitative estimate of drug-likeness (QED) is 0.388. The minimum Gasteiger partial charge on any atom is -0.486 e. The van der Waals surface area contributed by atoms with Crippen LogP contribution in [0, 0.1) is 0 Å². The van der Waals surface area contributed by atoms with Crippen molar-refractivity contribution in [3.8, 4) is 11.5 Å². The van der Waals surface area contributed by atoms with E-state index >= 15 is 0 Å². The Morgan fingerprint density at radius 2 is 1.60 bits per heavy atom. The molecule has 4 rings (SSSR count). The first-order valence-electron chi connectivity index (χ1n) is 11.5. The van der Waals surface area contributed by atoms with Gasteiger partial charge >= 0.3 is 5.97 Å². The summed E-state index contributed by atoms with van der Waals surface area (Å²) < 4.78 is 16.3. The molecule has 1 atom stereocenters. The summed E-state index contributed by atoms with van der Waals surface area (Å²) in [5.41, 5.74) is 2.79. The van der Waals surface area contributed by atoms with Crippen LogP contribution < -0.4 is 14.8 Å². The van der Waals surface area contributed by atoms with Gasteiger partial charge in [-0.1, -0.05) is 49.4 Å².